The van der Waals surface area contributed by atoms with Crippen LogP contribution in [0.25, 0.3) is 0 Å². The molecule has 4 nitrogen and oxygen atoms in total. The minimum atomic E-state index is -0.505. The molecule has 1 aromatic rings. The summed E-state index contributed by atoms with van der Waals surface area (Å²) in [7, 11) is 0. The Labute approximate surface area is 118 Å². The van der Waals surface area contributed by atoms with Crippen LogP contribution in [0, 0.1) is 5.92 Å². The minimum absolute atomic E-state index is 0.0924. The predicted octanol–water partition coefficient (Wildman–Crippen LogP) is 2.78. The van der Waals surface area contributed by atoms with Gasteiger partial charge in [-0.1, -0.05) is 38.0 Å². The molecule has 1 saturated heterocycles. The molecule has 1 aliphatic heterocycles. The fourth-order valence-corrected chi connectivity index (χ4v) is 2.52. The molecular weight excluding hydrogens is 254 g/mol. The Hall–Kier alpha value is -1.97. The second-order valence-corrected chi connectivity index (χ2v) is 5.21. The zero-order valence-electron chi connectivity index (χ0n) is 11.7. The van der Waals surface area contributed by atoms with Gasteiger partial charge < -0.3 is 0 Å². The number of imide groups is 3. The summed E-state index contributed by atoms with van der Waals surface area (Å²) in [6.07, 6.45) is 3.53. The maximum absolute atomic E-state index is 12.2. The Morgan fingerprint density at radius 1 is 1.15 bits per heavy atom. The van der Waals surface area contributed by atoms with Gasteiger partial charge in [-0.05, 0) is 24.5 Å². The second-order valence-electron chi connectivity index (χ2n) is 5.21. The molecule has 0 saturated carbocycles. The average Bonchev–Trinajstić information content (AvgIpc) is 2.45. The highest BCUT2D eigenvalue weighted by Gasteiger charge is 2.36. The van der Waals surface area contributed by atoms with Crippen LogP contribution in [-0.2, 0) is 9.59 Å². The van der Waals surface area contributed by atoms with Crippen LogP contribution in [0.15, 0.2) is 30.3 Å². The van der Waals surface area contributed by atoms with E-state index in [0.717, 1.165) is 24.2 Å². The smallest absolute Gasteiger partial charge is 0.267 e. The van der Waals surface area contributed by atoms with Gasteiger partial charge in [-0.2, -0.15) is 0 Å². The molecule has 1 fully saturated rings. The Morgan fingerprint density at radius 2 is 1.75 bits per heavy atom. The molecule has 3 amide bonds. The van der Waals surface area contributed by atoms with Gasteiger partial charge in [-0.15, -0.1) is 0 Å². The van der Waals surface area contributed by atoms with Crippen LogP contribution < -0.4 is 0 Å². The zero-order valence-corrected chi connectivity index (χ0v) is 11.7. The van der Waals surface area contributed by atoms with Crippen molar-refractivity contribution in [3.05, 3.63) is 35.9 Å². The van der Waals surface area contributed by atoms with E-state index in [0.29, 0.717) is 18.4 Å². The molecule has 0 spiro atoms. The van der Waals surface area contributed by atoms with Crippen molar-refractivity contribution in [3.63, 3.8) is 0 Å². The molecule has 0 aromatic heterocycles. The Kier molecular flexibility index (Phi) is 4.66. The fourth-order valence-electron chi connectivity index (χ4n) is 2.52. The molecule has 1 aromatic carbocycles. The lowest BCUT2D eigenvalue weighted by atomic mass is 9.90. The van der Waals surface area contributed by atoms with E-state index < -0.39 is 5.91 Å². The van der Waals surface area contributed by atoms with Gasteiger partial charge in [-0.25, -0.2) is 4.90 Å². The molecular formula is C16H19NO3. The van der Waals surface area contributed by atoms with E-state index >= 15 is 0 Å². The van der Waals surface area contributed by atoms with Crippen molar-refractivity contribution in [2.75, 3.05) is 0 Å². The summed E-state index contributed by atoms with van der Waals surface area (Å²) in [5.74, 6) is -1.14. The van der Waals surface area contributed by atoms with E-state index in [1.165, 1.54) is 0 Å². The summed E-state index contributed by atoms with van der Waals surface area (Å²) in [5, 5.41) is 0. The highest BCUT2D eigenvalue weighted by molar-refractivity contribution is 6.17. The molecule has 2 rings (SSSR count). The number of hydrogen-bond acceptors (Lipinski definition) is 3. The fraction of sp³-hybridized carbons (Fsp3) is 0.438. The maximum Gasteiger partial charge on any atom is 0.267 e. The SMILES string of the molecule is CCCCC1CC(=O)N(C(=O)c2ccccc2)C(=O)C1. The monoisotopic (exact) mass is 273 g/mol. The summed E-state index contributed by atoms with van der Waals surface area (Å²) in [6.45, 7) is 2.08. The molecule has 1 aliphatic rings. The number of carbonyl (C=O) groups excluding carboxylic acids is 3. The summed E-state index contributed by atoms with van der Waals surface area (Å²) < 4.78 is 0. The van der Waals surface area contributed by atoms with Gasteiger partial charge in [0, 0.05) is 18.4 Å². The number of nitrogens with zero attached hydrogens (tertiary/aromatic N) is 1. The molecule has 1 heterocycles. The normalized spacial score (nSPS) is 16.6. The highest BCUT2D eigenvalue weighted by Crippen LogP contribution is 2.25. The van der Waals surface area contributed by atoms with Crippen LogP contribution in [-0.4, -0.2) is 22.6 Å². The Balaban J connectivity index is 2.09. The van der Waals surface area contributed by atoms with Crippen LogP contribution in [0.5, 0.6) is 0 Å². The van der Waals surface area contributed by atoms with E-state index in [9.17, 15) is 14.4 Å². The topological polar surface area (TPSA) is 54.5 Å². The highest BCUT2D eigenvalue weighted by atomic mass is 16.2. The van der Waals surface area contributed by atoms with Crippen molar-refractivity contribution in [1.82, 2.24) is 4.90 Å². The summed E-state index contributed by atoms with van der Waals surface area (Å²) in [5.41, 5.74) is 0.376. The third kappa shape index (κ3) is 3.13. The Morgan fingerprint density at radius 3 is 2.30 bits per heavy atom. The van der Waals surface area contributed by atoms with Gasteiger partial charge in [0.25, 0.3) is 5.91 Å². The lowest BCUT2D eigenvalue weighted by Crippen LogP contribution is -2.46. The number of carbonyl (C=O) groups is 3. The predicted molar refractivity (Wildman–Crippen MR) is 74.9 cm³/mol. The number of hydrogen-bond donors (Lipinski definition) is 0. The van der Waals surface area contributed by atoms with Crippen molar-refractivity contribution in [3.8, 4) is 0 Å². The number of piperidine rings is 1. The second kappa shape index (κ2) is 6.46. The first kappa shape index (κ1) is 14.4. The average molecular weight is 273 g/mol. The van der Waals surface area contributed by atoms with Crippen LogP contribution in [0.3, 0.4) is 0 Å². The molecule has 0 atom stereocenters. The van der Waals surface area contributed by atoms with Gasteiger partial charge >= 0.3 is 0 Å². The summed E-state index contributed by atoms with van der Waals surface area (Å²) in [6, 6.07) is 8.46. The van der Waals surface area contributed by atoms with Crippen molar-refractivity contribution in [2.45, 2.75) is 39.0 Å². The number of benzene rings is 1. The molecule has 0 unspecified atom stereocenters. The van der Waals surface area contributed by atoms with Crippen molar-refractivity contribution < 1.29 is 14.4 Å². The summed E-state index contributed by atoms with van der Waals surface area (Å²) >= 11 is 0. The van der Waals surface area contributed by atoms with Gasteiger partial charge in [0.15, 0.2) is 0 Å². The minimum Gasteiger partial charge on any atom is -0.274 e. The van der Waals surface area contributed by atoms with E-state index in [-0.39, 0.29) is 17.7 Å². The lowest BCUT2D eigenvalue weighted by Gasteiger charge is -2.28. The van der Waals surface area contributed by atoms with Crippen LogP contribution >= 0.6 is 0 Å². The Bertz CT molecular complexity index is 492. The quantitative estimate of drug-likeness (QED) is 0.793. The third-order valence-electron chi connectivity index (χ3n) is 3.62. The maximum atomic E-state index is 12.2. The first-order valence-electron chi connectivity index (χ1n) is 7.08. The molecule has 0 radical (unpaired) electrons. The van der Waals surface area contributed by atoms with Crippen LogP contribution in [0.1, 0.15) is 49.4 Å². The molecule has 20 heavy (non-hydrogen) atoms. The van der Waals surface area contributed by atoms with Crippen LogP contribution in [0.2, 0.25) is 0 Å². The van der Waals surface area contributed by atoms with E-state index in [4.69, 9.17) is 0 Å². The summed E-state index contributed by atoms with van der Waals surface area (Å²) in [4.78, 5) is 37.2. The standard InChI is InChI=1S/C16H19NO3/c1-2-3-7-12-10-14(18)17(15(19)11-12)16(20)13-8-5-4-6-9-13/h4-6,8-9,12H,2-3,7,10-11H2,1H3. The molecule has 106 valence electrons. The molecule has 0 bridgehead atoms. The molecule has 4 heteroatoms. The van der Waals surface area contributed by atoms with Gasteiger partial charge in [0.05, 0.1) is 0 Å². The zero-order chi connectivity index (χ0) is 14.5. The van der Waals surface area contributed by atoms with Gasteiger partial charge in [0.1, 0.15) is 0 Å². The van der Waals surface area contributed by atoms with E-state index in [2.05, 4.69) is 6.92 Å². The van der Waals surface area contributed by atoms with E-state index in [1.54, 1.807) is 30.3 Å². The number of likely N-dealkylation sites (tertiary alicyclic amines) is 1. The first-order valence-corrected chi connectivity index (χ1v) is 7.08. The molecule has 0 aliphatic carbocycles. The van der Waals surface area contributed by atoms with Crippen LogP contribution in [0.4, 0.5) is 0 Å². The van der Waals surface area contributed by atoms with Gasteiger partial charge in [-0.3, -0.25) is 14.4 Å². The van der Waals surface area contributed by atoms with E-state index in [1.807, 2.05) is 0 Å². The van der Waals surface area contributed by atoms with Gasteiger partial charge in [0.2, 0.25) is 11.8 Å². The molecule has 0 N–H and O–H groups in total. The number of rotatable bonds is 4. The lowest BCUT2D eigenvalue weighted by molar-refractivity contribution is -0.146. The largest absolute Gasteiger partial charge is 0.274 e. The number of amides is 3. The van der Waals surface area contributed by atoms with Crippen molar-refractivity contribution in [1.29, 1.82) is 0 Å². The van der Waals surface area contributed by atoms with Crippen molar-refractivity contribution in [2.24, 2.45) is 5.92 Å². The first-order chi connectivity index (χ1) is 9.63. The third-order valence-corrected chi connectivity index (χ3v) is 3.62. The number of unbranched alkanes of at least 4 members (excludes halogenated alkanes) is 1. The van der Waals surface area contributed by atoms with Crippen molar-refractivity contribution >= 4 is 17.7 Å².